The first-order valence-corrected chi connectivity index (χ1v) is 23.0. The van der Waals surface area contributed by atoms with E-state index in [0.717, 1.165) is 46.1 Å². The Kier molecular flexibility index (Phi) is 7.58. The average molecular weight is 811 g/mol. The summed E-state index contributed by atoms with van der Waals surface area (Å²) in [6.45, 7) is 0. The molecular weight excluding hydrogens is 765 g/mol. The van der Waals surface area contributed by atoms with Gasteiger partial charge in [-0.25, -0.2) is 0 Å². The molecule has 2 heterocycles. The molecule has 3 heteroatoms. The Bertz CT molecular complexity index is 3430. The third-order valence-electron chi connectivity index (χ3n) is 15.5. The van der Waals surface area contributed by atoms with Gasteiger partial charge in [0.2, 0.25) is 0 Å². The first kappa shape index (κ1) is 35.5. The summed E-state index contributed by atoms with van der Waals surface area (Å²) >= 11 is 0. The lowest BCUT2D eigenvalue weighted by molar-refractivity contribution is -0.00518. The molecule has 0 saturated heterocycles. The number of hydrogen-bond donors (Lipinski definition) is 0. The van der Waals surface area contributed by atoms with E-state index in [1.165, 1.54) is 110 Å². The fourth-order valence-electron chi connectivity index (χ4n) is 13.3. The monoisotopic (exact) mass is 810 g/mol. The molecule has 0 radical (unpaired) electrons. The Morgan fingerprint density at radius 1 is 0.429 bits per heavy atom. The van der Waals surface area contributed by atoms with Crippen LogP contribution in [0, 0.1) is 17.8 Å². The maximum absolute atomic E-state index is 6.47. The molecule has 0 unspecified atom stereocenters. The molecule has 1 aliphatic heterocycles. The Morgan fingerprint density at radius 3 is 1.76 bits per heavy atom. The number of benzene rings is 9. The molecular formula is C60H46N2O. The minimum Gasteiger partial charge on any atom is -0.453 e. The molecule has 4 fully saturated rings. The molecule has 4 saturated carbocycles. The first-order valence-electron chi connectivity index (χ1n) is 23.0. The molecule has 1 aromatic heterocycles. The topological polar surface area (TPSA) is 17.4 Å². The highest BCUT2D eigenvalue weighted by molar-refractivity contribution is 6.16. The van der Waals surface area contributed by atoms with Gasteiger partial charge in [0.1, 0.15) is 0 Å². The van der Waals surface area contributed by atoms with Crippen molar-refractivity contribution in [3.8, 4) is 39.4 Å². The Hall–Kier alpha value is -7.10. The van der Waals surface area contributed by atoms with E-state index < -0.39 is 0 Å². The molecule has 9 aromatic carbocycles. The number of fused-ring (bicyclic) bond motifs is 7. The SMILES string of the molecule is c1ccc2c(c1)Oc1cccc3c4cccc(-c5ccc(N(c6ccc(C78CC9CC(CC(C9)C7)C8)cc6)c6ccc(-c7cccc8ccccc78)c7ccccc67)cc5)c4n-2c13. The molecule has 302 valence electrons. The predicted molar refractivity (Wildman–Crippen MR) is 261 cm³/mol. The van der Waals surface area contributed by atoms with E-state index in [1.54, 1.807) is 5.56 Å². The van der Waals surface area contributed by atoms with Crippen LogP contribution in [0.2, 0.25) is 0 Å². The van der Waals surface area contributed by atoms with E-state index in [2.05, 4.69) is 198 Å². The van der Waals surface area contributed by atoms with Crippen molar-refractivity contribution in [3.05, 3.63) is 194 Å². The van der Waals surface area contributed by atoms with Gasteiger partial charge in [0.05, 0.1) is 22.4 Å². The molecule has 0 spiro atoms. The summed E-state index contributed by atoms with van der Waals surface area (Å²) in [6, 6.07) is 69.8. The van der Waals surface area contributed by atoms with Gasteiger partial charge in [-0.1, -0.05) is 140 Å². The molecule has 0 amide bonds. The first-order chi connectivity index (χ1) is 31.2. The highest BCUT2D eigenvalue weighted by Crippen LogP contribution is 2.61. The maximum Gasteiger partial charge on any atom is 0.152 e. The minimum atomic E-state index is 0.351. The van der Waals surface area contributed by atoms with Gasteiger partial charge in [-0.2, -0.15) is 0 Å². The number of anilines is 3. The van der Waals surface area contributed by atoms with Crippen LogP contribution in [0.5, 0.6) is 11.5 Å². The molecule has 10 aromatic rings. The van der Waals surface area contributed by atoms with Gasteiger partial charge in [-0.15, -0.1) is 0 Å². The lowest BCUT2D eigenvalue weighted by Gasteiger charge is -2.57. The van der Waals surface area contributed by atoms with Crippen molar-refractivity contribution in [1.29, 1.82) is 0 Å². The van der Waals surface area contributed by atoms with Crippen LogP contribution < -0.4 is 9.64 Å². The summed E-state index contributed by atoms with van der Waals surface area (Å²) in [7, 11) is 0. The summed E-state index contributed by atoms with van der Waals surface area (Å²) in [5.74, 6) is 4.52. The number of ether oxygens (including phenoxy) is 1. The normalized spacial score (nSPS) is 20.7. The molecule has 4 bridgehead atoms. The number of aromatic nitrogens is 1. The van der Waals surface area contributed by atoms with Crippen LogP contribution in [0.3, 0.4) is 0 Å². The number of hydrogen-bond acceptors (Lipinski definition) is 2. The van der Waals surface area contributed by atoms with E-state index in [1.807, 2.05) is 0 Å². The second-order valence-electron chi connectivity index (χ2n) is 19.1. The van der Waals surface area contributed by atoms with E-state index in [4.69, 9.17) is 4.74 Å². The molecule has 4 aliphatic carbocycles. The van der Waals surface area contributed by atoms with Crippen LogP contribution in [0.25, 0.3) is 71.3 Å². The van der Waals surface area contributed by atoms with Gasteiger partial charge >= 0.3 is 0 Å². The van der Waals surface area contributed by atoms with Crippen LogP contribution in [0.15, 0.2) is 188 Å². The van der Waals surface area contributed by atoms with Crippen LogP contribution in [0.1, 0.15) is 44.1 Å². The van der Waals surface area contributed by atoms with E-state index in [9.17, 15) is 0 Å². The maximum atomic E-state index is 6.47. The highest BCUT2D eigenvalue weighted by Gasteiger charge is 2.51. The second kappa shape index (κ2) is 13.4. The zero-order valence-electron chi connectivity index (χ0n) is 35.2. The van der Waals surface area contributed by atoms with Gasteiger partial charge in [0.15, 0.2) is 11.5 Å². The number of rotatable bonds is 6. The van der Waals surface area contributed by atoms with Crippen LogP contribution >= 0.6 is 0 Å². The fraction of sp³-hybridized carbons (Fsp3) is 0.167. The Labute approximate surface area is 367 Å². The molecule has 0 N–H and O–H groups in total. The average Bonchev–Trinajstić information content (AvgIpc) is 3.68. The quantitative estimate of drug-likeness (QED) is 0.166. The third-order valence-corrected chi connectivity index (χ3v) is 15.5. The van der Waals surface area contributed by atoms with E-state index in [-0.39, 0.29) is 0 Å². The molecule has 63 heavy (non-hydrogen) atoms. The van der Waals surface area contributed by atoms with Crippen molar-refractivity contribution in [2.45, 2.75) is 43.9 Å². The molecule has 15 rings (SSSR count). The van der Waals surface area contributed by atoms with Crippen molar-refractivity contribution in [1.82, 2.24) is 4.57 Å². The van der Waals surface area contributed by atoms with E-state index >= 15 is 0 Å². The minimum absolute atomic E-state index is 0.351. The van der Waals surface area contributed by atoms with Crippen LogP contribution in [-0.2, 0) is 5.41 Å². The van der Waals surface area contributed by atoms with Gasteiger partial charge in [0.25, 0.3) is 0 Å². The smallest absolute Gasteiger partial charge is 0.152 e. The van der Waals surface area contributed by atoms with Crippen LogP contribution in [-0.4, -0.2) is 4.57 Å². The van der Waals surface area contributed by atoms with Crippen molar-refractivity contribution in [2.24, 2.45) is 17.8 Å². The van der Waals surface area contributed by atoms with Crippen molar-refractivity contribution in [3.63, 3.8) is 0 Å². The van der Waals surface area contributed by atoms with Gasteiger partial charge in [-0.3, -0.25) is 0 Å². The third kappa shape index (κ3) is 5.32. The van der Waals surface area contributed by atoms with Crippen molar-refractivity contribution in [2.75, 3.05) is 4.90 Å². The fourth-order valence-corrected chi connectivity index (χ4v) is 13.3. The molecule has 3 nitrogen and oxygen atoms in total. The summed E-state index contributed by atoms with van der Waals surface area (Å²) in [6.07, 6.45) is 8.49. The predicted octanol–water partition coefficient (Wildman–Crippen LogP) is 16.5. The lowest BCUT2D eigenvalue weighted by Crippen LogP contribution is -2.48. The standard InChI is InChI=1S/C60H46N2O/c1-2-12-46-41(10-1)11-7-16-48(46)50-30-31-54(51-14-4-3-13-49(50)51)61(45-28-24-43(25-29-45)60-35-38-32-39(36-60)34-40(33-38)37-60)44-26-22-42(23-27-44)47-15-8-17-52-53-18-9-21-57-59(53)62(58(47)52)55-19-5-6-20-56(55)63-57/h1-31,38-40H,32-37H2. The summed E-state index contributed by atoms with van der Waals surface area (Å²) in [4.78, 5) is 2.50. The lowest BCUT2D eigenvalue weighted by atomic mass is 9.48. The van der Waals surface area contributed by atoms with Crippen molar-refractivity contribution < 1.29 is 4.74 Å². The zero-order chi connectivity index (χ0) is 41.2. The molecule has 5 aliphatic rings. The van der Waals surface area contributed by atoms with E-state index in [0.29, 0.717) is 5.41 Å². The van der Waals surface area contributed by atoms with Gasteiger partial charge < -0.3 is 14.2 Å². The summed E-state index contributed by atoms with van der Waals surface area (Å²) in [5, 5.41) is 7.46. The summed E-state index contributed by atoms with van der Waals surface area (Å²) < 4.78 is 8.89. The largest absolute Gasteiger partial charge is 0.453 e. The van der Waals surface area contributed by atoms with Gasteiger partial charge in [-0.05, 0) is 149 Å². The number of nitrogens with zero attached hydrogens (tertiary/aromatic N) is 2. The Morgan fingerprint density at radius 2 is 0.984 bits per heavy atom. The summed E-state index contributed by atoms with van der Waals surface area (Å²) in [5.41, 5.74) is 13.7. The van der Waals surface area contributed by atoms with Crippen molar-refractivity contribution >= 4 is 60.4 Å². The van der Waals surface area contributed by atoms with Crippen LogP contribution in [0.4, 0.5) is 17.1 Å². The number of para-hydroxylation sites is 4. The Balaban J connectivity index is 0.931. The molecule has 0 atom stereocenters. The zero-order valence-corrected chi connectivity index (χ0v) is 35.2. The van der Waals surface area contributed by atoms with Gasteiger partial charge in [0, 0.05) is 33.1 Å². The second-order valence-corrected chi connectivity index (χ2v) is 19.1. The highest BCUT2D eigenvalue weighted by atomic mass is 16.5.